The molecule has 0 spiro atoms. The predicted octanol–water partition coefficient (Wildman–Crippen LogP) is 5.21. The molecular weight excluding hydrogens is 302 g/mol. The number of nitrogens with one attached hydrogen (secondary N) is 1. The maximum absolute atomic E-state index is 12.4. The van der Waals surface area contributed by atoms with Crippen LogP contribution in [-0.4, -0.2) is 13.0 Å². The van der Waals surface area contributed by atoms with Gasteiger partial charge >= 0.3 is 0 Å². The average Bonchev–Trinajstić information content (AvgIpc) is 3.05. The van der Waals surface area contributed by atoms with E-state index >= 15 is 0 Å². The van der Waals surface area contributed by atoms with Crippen LogP contribution in [0.3, 0.4) is 0 Å². The first kappa shape index (κ1) is 16.1. The average molecular weight is 323 g/mol. The summed E-state index contributed by atoms with van der Waals surface area (Å²) in [6.07, 6.45) is 1.09. The number of carbonyl (C=O) groups is 1. The van der Waals surface area contributed by atoms with Crippen molar-refractivity contribution in [1.29, 1.82) is 0 Å². The Hall–Kier alpha value is -2.75. The molecule has 3 rings (SSSR count). The van der Waals surface area contributed by atoms with Crippen molar-refractivity contribution >= 4 is 22.6 Å². The molecule has 0 radical (unpaired) electrons. The van der Waals surface area contributed by atoms with Gasteiger partial charge in [-0.15, -0.1) is 0 Å². The molecular formula is C20H21NO3. The lowest BCUT2D eigenvalue weighted by atomic mass is 9.99. The summed E-state index contributed by atoms with van der Waals surface area (Å²) in [5.74, 6) is 1.27. The number of methoxy groups -OCH3 is 1. The number of furan rings is 1. The van der Waals surface area contributed by atoms with E-state index < -0.39 is 0 Å². The third-order valence-corrected chi connectivity index (χ3v) is 4.30. The fraction of sp³-hybridized carbons (Fsp3) is 0.250. The van der Waals surface area contributed by atoms with Crippen LogP contribution in [0.2, 0.25) is 0 Å². The Morgan fingerprint density at radius 2 is 1.92 bits per heavy atom. The number of rotatable bonds is 5. The van der Waals surface area contributed by atoms with Crippen LogP contribution in [0.15, 0.2) is 52.9 Å². The van der Waals surface area contributed by atoms with E-state index in [1.807, 2.05) is 30.3 Å². The van der Waals surface area contributed by atoms with Gasteiger partial charge in [0.1, 0.15) is 11.3 Å². The van der Waals surface area contributed by atoms with Crippen molar-refractivity contribution < 1.29 is 13.9 Å². The van der Waals surface area contributed by atoms with Gasteiger partial charge in [-0.3, -0.25) is 4.79 Å². The van der Waals surface area contributed by atoms with Gasteiger partial charge in [0.2, 0.25) is 0 Å². The van der Waals surface area contributed by atoms with Gasteiger partial charge < -0.3 is 14.5 Å². The number of amides is 1. The van der Waals surface area contributed by atoms with Gasteiger partial charge in [0.15, 0.2) is 5.76 Å². The molecule has 0 bridgehead atoms. The molecule has 0 fully saturated rings. The first-order valence-corrected chi connectivity index (χ1v) is 8.09. The Kier molecular flexibility index (Phi) is 4.56. The SMILES string of the molecule is CC[C@H](C)c1ccc(NC(=O)c2cc3cc(OC)ccc3o2)cc1. The summed E-state index contributed by atoms with van der Waals surface area (Å²) >= 11 is 0. The normalized spacial score (nSPS) is 12.1. The van der Waals surface area contributed by atoms with Gasteiger partial charge in [0, 0.05) is 11.1 Å². The molecule has 0 saturated carbocycles. The number of fused-ring (bicyclic) bond motifs is 1. The Bertz CT molecular complexity index is 849. The summed E-state index contributed by atoms with van der Waals surface area (Å²) in [5, 5.41) is 3.71. The van der Waals surface area contributed by atoms with Crippen LogP contribution in [-0.2, 0) is 0 Å². The minimum absolute atomic E-state index is 0.263. The zero-order valence-electron chi connectivity index (χ0n) is 14.1. The topological polar surface area (TPSA) is 51.5 Å². The molecule has 0 unspecified atom stereocenters. The molecule has 3 aromatic rings. The highest BCUT2D eigenvalue weighted by molar-refractivity contribution is 6.04. The second kappa shape index (κ2) is 6.79. The minimum atomic E-state index is -0.263. The summed E-state index contributed by atoms with van der Waals surface area (Å²) in [7, 11) is 1.61. The van der Waals surface area contributed by atoms with Gasteiger partial charge in [-0.1, -0.05) is 26.0 Å². The van der Waals surface area contributed by atoms with Crippen molar-refractivity contribution in [2.45, 2.75) is 26.2 Å². The van der Waals surface area contributed by atoms with Crippen LogP contribution in [0.5, 0.6) is 5.75 Å². The van der Waals surface area contributed by atoms with E-state index in [4.69, 9.17) is 9.15 Å². The molecule has 1 aromatic heterocycles. The Morgan fingerprint density at radius 3 is 2.58 bits per heavy atom. The molecule has 1 N–H and O–H groups in total. The molecule has 1 heterocycles. The highest BCUT2D eigenvalue weighted by Crippen LogP contribution is 2.25. The van der Waals surface area contributed by atoms with Crippen molar-refractivity contribution in [2.75, 3.05) is 12.4 Å². The van der Waals surface area contributed by atoms with E-state index in [2.05, 4.69) is 19.2 Å². The lowest BCUT2D eigenvalue weighted by Crippen LogP contribution is -2.10. The first-order chi connectivity index (χ1) is 11.6. The van der Waals surface area contributed by atoms with E-state index in [-0.39, 0.29) is 11.7 Å². The van der Waals surface area contributed by atoms with Gasteiger partial charge in [-0.2, -0.15) is 0 Å². The van der Waals surface area contributed by atoms with Crippen LogP contribution in [0.1, 0.15) is 42.3 Å². The Labute approximate surface area is 141 Å². The van der Waals surface area contributed by atoms with Crippen LogP contribution >= 0.6 is 0 Å². The Balaban J connectivity index is 1.77. The number of hydrogen-bond donors (Lipinski definition) is 1. The maximum Gasteiger partial charge on any atom is 0.291 e. The number of benzene rings is 2. The molecule has 124 valence electrons. The van der Waals surface area contributed by atoms with Crippen LogP contribution in [0, 0.1) is 0 Å². The van der Waals surface area contributed by atoms with Crippen LogP contribution in [0.4, 0.5) is 5.69 Å². The molecule has 1 atom stereocenters. The molecule has 4 nitrogen and oxygen atoms in total. The predicted molar refractivity (Wildman–Crippen MR) is 95.9 cm³/mol. The number of anilines is 1. The molecule has 24 heavy (non-hydrogen) atoms. The van der Waals surface area contributed by atoms with Crippen molar-refractivity contribution in [3.8, 4) is 5.75 Å². The molecule has 2 aromatic carbocycles. The van der Waals surface area contributed by atoms with Gasteiger partial charge in [0.05, 0.1) is 7.11 Å². The van der Waals surface area contributed by atoms with Gasteiger partial charge in [-0.05, 0) is 54.3 Å². The van der Waals surface area contributed by atoms with E-state index in [1.165, 1.54) is 5.56 Å². The molecule has 4 heteroatoms. The monoisotopic (exact) mass is 323 g/mol. The second-order valence-corrected chi connectivity index (χ2v) is 5.90. The fourth-order valence-electron chi connectivity index (χ4n) is 2.58. The lowest BCUT2D eigenvalue weighted by molar-refractivity contribution is 0.0998. The number of hydrogen-bond acceptors (Lipinski definition) is 3. The molecule has 0 aliphatic carbocycles. The Morgan fingerprint density at radius 1 is 1.17 bits per heavy atom. The van der Waals surface area contributed by atoms with Gasteiger partial charge in [-0.25, -0.2) is 0 Å². The maximum atomic E-state index is 12.4. The highest BCUT2D eigenvalue weighted by atomic mass is 16.5. The number of ether oxygens (including phenoxy) is 1. The highest BCUT2D eigenvalue weighted by Gasteiger charge is 2.13. The zero-order valence-corrected chi connectivity index (χ0v) is 14.1. The van der Waals surface area contributed by atoms with Crippen molar-refractivity contribution in [2.24, 2.45) is 0 Å². The fourth-order valence-corrected chi connectivity index (χ4v) is 2.58. The van der Waals surface area contributed by atoms with Crippen molar-refractivity contribution in [3.05, 3.63) is 59.9 Å². The standard InChI is InChI=1S/C20H21NO3/c1-4-13(2)14-5-7-16(8-6-14)21-20(22)19-12-15-11-17(23-3)9-10-18(15)24-19/h5-13H,4H2,1-3H3,(H,21,22)/t13-/m0/s1. The van der Waals surface area contributed by atoms with Gasteiger partial charge in [0.25, 0.3) is 5.91 Å². The van der Waals surface area contributed by atoms with Crippen molar-refractivity contribution in [3.63, 3.8) is 0 Å². The van der Waals surface area contributed by atoms with Crippen molar-refractivity contribution in [1.82, 2.24) is 0 Å². The van der Waals surface area contributed by atoms with Crippen LogP contribution < -0.4 is 10.1 Å². The lowest BCUT2D eigenvalue weighted by Gasteiger charge is -2.10. The summed E-state index contributed by atoms with van der Waals surface area (Å²) in [4.78, 5) is 12.4. The van der Waals surface area contributed by atoms with E-state index in [0.717, 1.165) is 23.2 Å². The van der Waals surface area contributed by atoms with E-state index in [1.54, 1.807) is 25.3 Å². The molecule has 0 aliphatic rings. The third-order valence-electron chi connectivity index (χ3n) is 4.30. The quantitative estimate of drug-likeness (QED) is 0.701. The molecule has 0 aliphatic heterocycles. The largest absolute Gasteiger partial charge is 0.497 e. The summed E-state index contributed by atoms with van der Waals surface area (Å²) < 4.78 is 10.8. The summed E-state index contributed by atoms with van der Waals surface area (Å²) in [6, 6.07) is 15.1. The minimum Gasteiger partial charge on any atom is -0.497 e. The van der Waals surface area contributed by atoms with E-state index in [9.17, 15) is 4.79 Å². The van der Waals surface area contributed by atoms with E-state index in [0.29, 0.717) is 11.5 Å². The number of carbonyl (C=O) groups excluding carboxylic acids is 1. The summed E-state index contributed by atoms with van der Waals surface area (Å²) in [6.45, 7) is 4.35. The van der Waals surface area contributed by atoms with Crippen LogP contribution in [0.25, 0.3) is 11.0 Å². The molecule has 0 saturated heterocycles. The molecule has 1 amide bonds. The first-order valence-electron chi connectivity index (χ1n) is 8.09. The smallest absolute Gasteiger partial charge is 0.291 e. The zero-order chi connectivity index (χ0) is 17.1. The summed E-state index contributed by atoms with van der Waals surface area (Å²) in [5.41, 5.74) is 2.68. The second-order valence-electron chi connectivity index (χ2n) is 5.90. The third kappa shape index (κ3) is 3.27.